The molecule has 0 saturated carbocycles. The van der Waals surface area contributed by atoms with Gasteiger partial charge in [0, 0.05) is 5.41 Å². The zero-order valence-corrected chi connectivity index (χ0v) is 8.70. The Hall–Kier alpha value is -1.63. The molecule has 0 atom stereocenters. The Morgan fingerprint density at radius 2 is 2.14 bits per heavy atom. The molecule has 0 amide bonds. The Balaban J connectivity index is 3.14. The van der Waals surface area contributed by atoms with Crippen molar-refractivity contribution >= 4 is 5.69 Å². The molecule has 0 radical (unpaired) electrons. The van der Waals surface area contributed by atoms with Crippen LogP contribution < -0.4 is 5.73 Å². The van der Waals surface area contributed by atoms with Crippen molar-refractivity contribution in [2.24, 2.45) is 0 Å². The first-order valence-electron chi connectivity index (χ1n) is 4.44. The van der Waals surface area contributed by atoms with E-state index < -0.39 is 0 Å². The smallest absolute Gasteiger partial charge is 0.134 e. The van der Waals surface area contributed by atoms with Gasteiger partial charge in [0.15, 0.2) is 0 Å². The number of nitriles is 1. The second kappa shape index (κ2) is 3.62. The van der Waals surface area contributed by atoms with E-state index in [1.807, 2.05) is 26.8 Å². The maximum Gasteiger partial charge on any atom is 0.134 e. The summed E-state index contributed by atoms with van der Waals surface area (Å²) in [5.74, 6) is 0.719. The van der Waals surface area contributed by atoms with Gasteiger partial charge in [0.2, 0.25) is 0 Å². The van der Waals surface area contributed by atoms with Gasteiger partial charge < -0.3 is 5.73 Å². The minimum Gasteiger partial charge on any atom is -0.396 e. The number of nitrogens with zero attached hydrogens (tertiary/aromatic N) is 3. The quantitative estimate of drug-likeness (QED) is 0.726. The monoisotopic (exact) mass is 190 g/mol. The number of aromatic nitrogens is 2. The fourth-order valence-corrected chi connectivity index (χ4v) is 1.00. The predicted molar refractivity (Wildman–Crippen MR) is 54.5 cm³/mol. The third-order valence-electron chi connectivity index (χ3n) is 1.82. The van der Waals surface area contributed by atoms with E-state index in [1.54, 1.807) is 6.20 Å². The van der Waals surface area contributed by atoms with Crippen molar-refractivity contribution < 1.29 is 0 Å². The summed E-state index contributed by atoms with van der Waals surface area (Å²) in [4.78, 5) is 8.42. The van der Waals surface area contributed by atoms with E-state index in [-0.39, 0.29) is 11.8 Å². The highest BCUT2D eigenvalue weighted by molar-refractivity contribution is 5.41. The van der Waals surface area contributed by atoms with E-state index in [1.165, 1.54) is 0 Å². The van der Waals surface area contributed by atoms with Crippen molar-refractivity contribution in [2.75, 3.05) is 5.73 Å². The summed E-state index contributed by atoms with van der Waals surface area (Å²) in [7, 11) is 0. The molecule has 0 aromatic carbocycles. The SMILES string of the molecule is CC(C)(C)c1ncc(N)c(CC#N)n1. The van der Waals surface area contributed by atoms with Crippen molar-refractivity contribution in [2.45, 2.75) is 32.6 Å². The number of anilines is 1. The summed E-state index contributed by atoms with van der Waals surface area (Å²) >= 11 is 0. The molecule has 1 aromatic heterocycles. The number of nitrogen functional groups attached to an aromatic ring is 1. The van der Waals surface area contributed by atoms with Gasteiger partial charge in [0.1, 0.15) is 5.82 Å². The third kappa shape index (κ3) is 2.19. The van der Waals surface area contributed by atoms with E-state index in [4.69, 9.17) is 11.0 Å². The molecule has 0 spiro atoms. The average Bonchev–Trinajstić information content (AvgIpc) is 2.07. The maximum absolute atomic E-state index is 8.57. The largest absolute Gasteiger partial charge is 0.396 e. The van der Waals surface area contributed by atoms with Crippen LogP contribution in [0.15, 0.2) is 6.20 Å². The van der Waals surface area contributed by atoms with Crippen molar-refractivity contribution in [1.29, 1.82) is 5.26 Å². The Morgan fingerprint density at radius 1 is 1.50 bits per heavy atom. The van der Waals surface area contributed by atoms with Gasteiger partial charge in [0.25, 0.3) is 0 Å². The molecule has 0 aliphatic carbocycles. The van der Waals surface area contributed by atoms with Crippen LogP contribution in [0.2, 0.25) is 0 Å². The molecule has 0 unspecified atom stereocenters. The van der Waals surface area contributed by atoms with Crippen LogP contribution in [-0.2, 0) is 11.8 Å². The molecule has 0 bridgehead atoms. The normalized spacial score (nSPS) is 11.0. The van der Waals surface area contributed by atoms with Crippen LogP contribution in [-0.4, -0.2) is 9.97 Å². The van der Waals surface area contributed by atoms with Crippen LogP contribution in [0, 0.1) is 11.3 Å². The van der Waals surface area contributed by atoms with Gasteiger partial charge in [-0.2, -0.15) is 5.26 Å². The molecule has 0 saturated heterocycles. The standard InChI is InChI=1S/C10H14N4/c1-10(2,3)9-13-6-7(12)8(14-9)4-5-11/h6H,4,12H2,1-3H3. The van der Waals surface area contributed by atoms with Gasteiger partial charge in [-0.3, -0.25) is 0 Å². The molecule has 1 heterocycles. The summed E-state index contributed by atoms with van der Waals surface area (Å²) in [6.07, 6.45) is 1.80. The summed E-state index contributed by atoms with van der Waals surface area (Å²) in [6, 6.07) is 2.03. The molecular formula is C10H14N4. The maximum atomic E-state index is 8.57. The molecular weight excluding hydrogens is 176 g/mol. The summed E-state index contributed by atoms with van der Waals surface area (Å²) < 4.78 is 0. The van der Waals surface area contributed by atoms with E-state index in [2.05, 4.69) is 9.97 Å². The molecule has 2 N–H and O–H groups in total. The van der Waals surface area contributed by atoms with Gasteiger partial charge in [0.05, 0.1) is 30.1 Å². The van der Waals surface area contributed by atoms with E-state index in [0.717, 1.165) is 5.82 Å². The molecule has 4 heteroatoms. The van der Waals surface area contributed by atoms with Crippen LogP contribution in [0.25, 0.3) is 0 Å². The number of hydrogen-bond acceptors (Lipinski definition) is 4. The van der Waals surface area contributed by atoms with Crippen molar-refractivity contribution in [1.82, 2.24) is 9.97 Å². The second-order valence-electron chi connectivity index (χ2n) is 4.18. The third-order valence-corrected chi connectivity index (χ3v) is 1.82. The summed E-state index contributed by atoms with van der Waals surface area (Å²) in [5, 5.41) is 8.57. The van der Waals surface area contributed by atoms with Crippen LogP contribution in [0.3, 0.4) is 0 Å². The Labute approximate surface area is 83.8 Å². The minimum atomic E-state index is -0.113. The number of rotatable bonds is 1. The molecule has 0 aliphatic heterocycles. The first-order valence-corrected chi connectivity index (χ1v) is 4.44. The highest BCUT2D eigenvalue weighted by Crippen LogP contribution is 2.19. The zero-order chi connectivity index (χ0) is 10.8. The lowest BCUT2D eigenvalue weighted by Crippen LogP contribution is -2.17. The van der Waals surface area contributed by atoms with Crippen LogP contribution in [0.4, 0.5) is 5.69 Å². The zero-order valence-electron chi connectivity index (χ0n) is 8.70. The Kier molecular flexibility index (Phi) is 2.70. The molecule has 74 valence electrons. The fraction of sp³-hybridized carbons (Fsp3) is 0.500. The van der Waals surface area contributed by atoms with Gasteiger partial charge in [-0.1, -0.05) is 20.8 Å². The van der Waals surface area contributed by atoms with Crippen molar-refractivity contribution in [3.05, 3.63) is 17.7 Å². The minimum absolute atomic E-state index is 0.113. The molecule has 1 aromatic rings. The molecule has 0 fully saturated rings. The Morgan fingerprint density at radius 3 is 2.64 bits per heavy atom. The fourth-order valence-electron chi connectivity index (χ4n) is 1.00. The number of hydrogen-bond donors (Lipinski definition) is 1. The highest BCUT2D eigenvalue weighted by Gasteiger charge is 2.18. The summed E-state index contributed by atoms with van der Waals surface area (Å²) in [6.45, 7) is 6.07. The lowest BCUT2D eigenvalue weighted by Gasteiger charge is -2.17. The lowest BCUT2D eigenvalue weighted by atomic mass is 9.95. The topological polar surface area (TPSA) is 75.6 Å². The average molecular weight is 190 g/mol. The predicted octanol–water partition coefficient (Wildman–Crippen LogP) is 1.42. The van der Waals surface area contributed by atoms with Crippen molar-refractivity contribution in [3.63, 3.8) is 0 Å². The highest BCUT2D eigenvalue weighted by atomic mass is 14.9. The van der Waals surface area contributed by atoms with Gasteiger partial charge >= 0.3 is 0 Å². The van der Waals surface area contributed by atoms with Crippen LogP contribution >= 0.6 is 0 Å². The van der Waals surface area contributed by atoms with E-state index in [9.17, 15) is 0 Å². The van der Waals surface area contributed by atoms with Crippen LogP contribution in [0.5, 0.6) is 0 Å². The molecule has 14 heavy (non-hydrogen) atoms. The van der Waals surface area contributed by atoms with Crippen molar-refractivity contribution in [3.8, 4) is 6.07 Å². The van der Waals surface area contributed by atoms with Crippen LogP contribution in [0.1, 0.15) is 32.3 Å². The molecule has 0 aliphatic rings. The first kappa shape index (κ1) is 10.5. The first-order chi connectivity index (χ1) is 6.45. The Bertz CT molecular complexity index is 371. The van der Waals surface area contributed by atoms with Gasteiger partial charge in [-0.05, 0) is 0 Å². The second-order valence-corrected chi connectivity index (χ2v) is 4.18. The number of nitrogens with two attached hydrogens (primary N) is 1. The van der Waals surface area contributed by atoms with Gasteiger partial charge in [-0.25, -0.2) is 9.97 Å². The summed E-state index contributed by atoms with van der Waals surface area (Å²) in [5.41, 5.74) is 6.63. The van der Waals surface area contributed by atoms with E-state index >= 15 is 0 Å². The van der Waals surface area contributed by atoms with E-state index in [0.29, 0.717) is 11.4 Å². The molecule has 1 rings (SSSR count). The lowest BCUT2D eigenvalue weighted by molar-refractivity contribution is 0.542. The van der Waals surface area contributed by atoms with Gasteiger partial charge in [-0.15, -0.1) is 0 Å². The molecule has 4 nitrogen and oxygen atoms in total.